The molecule has 1 saturated heterocycles. The second kappa shape index (κ2) is 11.8. The molecule has 1 aliphatic rings. The molecule has 35 heavy (non-hydrogen) atoms. The maximum atomic E-state index is 11.9. The highest BCUT2D eigenvalue weighted by Crippen LogP contribution is 2.40. The summed E-state index contributed by atoms with van der Waals surface area (Å²) < 4.78 is 25.2. The minimum Gasteiger partial charge on any atom is -0.468 e. The number of rotatable bonds is 10. The molecule has 4 rings (SSSR count). The number of carbonyl (C=O) groups excluding carboxylic acids is 1. The first-order valence-corrected chi connectivity index (χ1v) is 13.7. The van der Waals surface area contributed by atoms with E-state index < -0.39 is 20.5 Å². The van der Waals surface area contributed by atoms with Gasteiger partial charge in [-0.05, 0) is 43.9 Å². The van der Waals surface area contributed by atoms with Crippen LogP contribution in [0, 0.1) is 5.92 Å². The molecular weight excluding hydrogens is 513 g/mol. The lowest BCUT2D eigenvalue weighted by Crippen LogP contribution is -2.33. The number of thioether (sulfide) groups is 1. The van der Waals surface area contributed by atoms with E-state index in [0.717, 1.165) is 22.6 Å². The molecule has 3 aromatic rings. The molecule has 188 valence electrons. The van der Waals surface area contributed by atoms with Crippen LogP contribution in [0.1, 0.15) is 26.5 Å². The molecule has 0 amide bonds. The molecule has 0 spiro atoms. The van der Waals surface area contributed by atoms with Crippen LogP contribution in [0.5, 0.6) is 5.75 Å². The van der Waals surface area contributed by atoms with E-state index in [1.54, 1.807) is 43.8 Å². The molecule has 0 bridgehead atoms. The third-order valence-corrected chi connectivity index (χ3v) is 7.78. The molecule has 3 heterocycles. The van der Waals surface area contributed by atoms with Gasteiger partial charge in [-0.15, -0.1) is 11.8 Å². The van der Waals surface area contributed by atoms with Gasteiger partial charge in [0.05, 0.1) is 26.1 Å². The van der Waals surface area contributed by atoms with E-state index >= 15 is 0 Å². The Morgan fingerprint density at radius 1 is 1.34 bits per heavy atom. The van der Waals surface area contributed by atoms with Crippen molar-refractivity contribution in [2.45, 2.75) is 43.7 Å². The van der Waals surface area contributed by atoms with Gasteiger partial charge in [0.25, 0.3) is 0 Å². The first-order valence-electron chi connectivity index (χ1n) is 11.0. The number of imidazole rings is 1. The molecule has 5 atom stereocenters. The lowest BCUT2D eigenvalue weighted by molar-refractivity contribution is -0.142. The maximum absolute atomic E-state index is 11.9. The molecule has 10 nitrogen and oxygen atoms in total. The third kappa shape index (κ3) is 6.22. The summed E-state index contributed by atoms with van der Waals surface area (Å²) in [6.45, 7) is 4.09. The zero-order chi connectivity index (χ0) is 24.9. The second-order valence-electron chi connectivity index (χ2n) is 8.04. The predicted molar refractivity (Wildman–Crippen MR) is 134 cm³/mol. The molecule has 0 aliphatic carbocycles. The predicted octanol–water partition coefficient (Wildman–Crippen LogP) is 4.60. The number of hydrogen-bond donors (Lipinski definition) is 1. The fourth-order valence-corrected chi connectivity index (χ4v) is 5.58. The molecule has 0 saturated carbocycles. The van der Waals surface area contributed by atoms with Crippen LogP contribution in [0.25, 0.3) is 11.2 Å². The molecule has 1 N–H and O–H groups in total. The molecular formula is C22H27ClN5O5PS. The fourth-order valence-electron chi connectivity index (χ4n) is 3.75. The number of halogens is 1. The number of carbonyl (C=O) groups is 1. The number of nitrogens with one attached hydrogen (secondary N) is 1. The smallest absolute Gasteiger partial charge is 0.323 e. The van der Waals surface area contributed by atoms with Gasteiger partial charge >= 0.3 is 14.5 Å². The lowest BCUT2D eigenvalue weighted by Gasteiger charge is -2.23. The van der Waals surface area contributed by atoms with Gasteiger partial charge in [0.2, 0.25) is 0 Å². The van der Waals surface area contributed by atoms with Gasteiger partial charge < -0.3 is 18.5 Å². The topological polar surface area (TPSA) is 110 Å². The van der Waals surface area contributed by atoms with Crippen molar-refractivity contribution in [1.82, 2.24) is 24.6 Å². The van der Waals surface area contributed by atoms with Gasteiger partial charge in [0, 0.05) is 10.9 Å². The highest BCUT2D eigenvalue weighted by molar-refractivity contribution is 7.98. The quantitative estimate of drug-likeness (QED) is 0.170. The number of esters is 1. The Hall–Kier alpha value is -2.01. The van der Waals surface area contributed by atoms with Crippen LogP contribution < -0.4 is 9.61 Å². The van der Waals surface area contributed by atoms with Crippen LogP contribution in [0.15, 0.2) is 41.9 Å². The van der Waals surface area contributed by atoms with Crippen molar-refractivity contribution >= 4 is 49.0 Å². The van der Waals surface area contributed by atoms with E-state index in [1.807, 2.05) is 10.8 Å². The Morgan fingerprint density at radius 3 is 2.83 bits per heavy atom. The van der Waals surface area contributed by atoms with Gasteiger partial charge in [-0.25, -0.2) is 20.0 Å². The lowest BCUT2D eigenvalue weighted by atomic mass is 10.1. The summed E-state index contributed by atoms with van der Waals surface area (Å²) >= 11 is 7.50. The van der Waals surface area contributed by atoms with Gasteiger partial charge in [-0.1, -0.05) is 18.5 Å². The van der Waals surface area contributed by atoms with Crippen LogP contribution in [0.3, 0.4) is 0 Å². The molecule has 2 aromatic heterocycles. The zero-order valence-corrected chi connectivity index (χ0v) is 22.2. The normalized spacial score (nSPS) is 21.7. The molecule has 0 radical (unpaired) electrons. The molecule has 1 aromatic carbocycles. The first kappa shape index (κ1) is 26.1. The number of fused-ring (bicyclic) bond motifs is 1. The van der Waals surface area contributed by atoms with Crippen LogP contribution >= 0.6 is 31.9 Å². The minimum absolute atomic E-state index is 0.177. The van der Waals surface area contributed by atoms with Gasteiger partial charge in [-0.2, -0.15) is 0 Å². The average molecular weight is 540 g/mol. The summed E-state index contributed by atoms with van der Waals surface area (Å²) in [5.74, 6) is 0.363. The summed E-state index contributed by atoms with van der Waals surface area (Å²) in [4.78, 5) is 25.1. The highest BCUT2D eigenvalue weighted by Gasteiger charge is 2.36. The Balaban J connectivity index is 1.43. The Morgan fingerprint density at radius 2 is 2.11 bits per heavy atom. The standard InChI is InChI=1S/C22H27ClN5O5PS/c1-13-9-17(32-21(13)28-12-26-18-19(28)24-11-25-20(18)35-4)10-31-34(27-14(2)22(29)30-3)33-16-7-5-15(23)6-8-16/h5-8,11-14,17,21,27H,9-10H2,1-4H3. The van der Waals surface area contributed by atoms with E-state index in [0.29, 0.717) is 10.8 Å². The summed E-state index contributed by atoms with van der Waals surface area (Å²) in [5.41, 5.74) is 1.50. The number of hydrogen-bond acceptors (Lipinski definition) is 10. The fraction of sp³-hybridized carbons (Fsp3) is 0.455. The van der Waals surface area contributed by atoms with Gasteiger partial charge in [-0.3, -0.25) is 9.36 Å². The van der Waals surface area contributed by atoms with E-state index in [1.165, 1.54) is 18.9 Å². The van der Waals surface area contributed by atoms with Crippen molar-refractivity contribution in [3.63, 3.8) is 0 Å². The molecule has 1 fully saturated rings. The minimum atomic E-state index is -1.67. The van der Waals surface area contributed by atoms with Crippen molar-refractivity contribution in [3.8, 4) is 5.75 Å². The van der Waals surface area contributed by atoms with E-state index in [2.05, 4.69) is 27.0 Å². The average Bonchev–Trinajstić information content (AvgIpc) is 3.46. The summed E-state index contributed by atoms with van der Waals surface area (Å²) in [7, 11) is -0.327. The van der Waals surface area contributed by atoms with Crippen LogP contribution in [-0.2, 0) is 18.8 Å². The highest BCUT2D eigenvalue weighted by atomic mass is 35.5. The number of ether oxygens (including phenoxy) is 2. The van der Waals surface area contributed by atoms with E-state index in [-0.39, 0.29) is 24.9 Å². The summed E-state index contributed by atoms with van der Waals surface area (Å²) in [6, 6.07) is 6.32. The van der Waals surface area contributed by atoms with Crippen LogP contribution in [-0.4, -0.2) is 57.6 Å². The van der Waals surface area contributed by atoms with Crippen LogP contribution in [0.4, 0.5) is 0 Å². The summed E-state index contributed by atoms with van der Waals surface area (Å²) in [5, 5.41) is 4.49. The SMILES string of the molecule is COC(=O)C(C)NP(OCC1CC(C)C(n2cnc3c(SC)ncnc32)O1)Oc1ccc(Cl)cc1. The van der Waals surface area contributed by atoms with Crippen molar-refractivity contribution < 1.29 is 23.3 Å². The monoisotopic (exact) mass is 539 g/mol. The third-order valence-electron chi connectivity index (χ3n) is 5.48. The zero-order valence-electron chi connectivity index (χ0n) is 19.8. The Kier molecular flexibility index (Phi) is 8.80. The van der Waals surface area contributed by atoms with Crippen LogP contribution in [0.2, 0.25) is 5.02 Å². The second-order valence-corrected chi connectivity index (χ2v) is 10.5. The van der Waals surface area contributed by atoms with Gasteiger partial charge in [0.15, 0.2) is 5.65 Å². The Bertz CT molecular complexity index is 1150. The Labute approximate surface area is 214 Å². The number of nitrogens with zero attached hydrogens (tertiary/aromatic N) is 4. The van der Waals surface area contributed by atoms with E-state index in [9.17, 15) is 4.79 Å². The summed E-state index contributed by atoms with van der Waals surface area (Å²) in [6.07, 6.45) is 5.62. The van der Waals surface area contributed by atoms with Gasteiger partial charge in [0.1, 0.15) is 34.9 Å². The number of methoxy groups -OCH3 is 1. The van der Waals surface area contributed by atoms with Crippen molar-refractivity contribution in [2.24, 2.45) is 5.92 Å². The van der Waals surface area contributed by atoms with Crippen molar-refractivity contribution in [3.05, 3.63) is 41.9 Å². The van der Waals surface area contributed by atoms with E-state index in [4.69, 9.17) is 30.1 Å². The molecule has 5 unspecified atom stereocenters. The first-order chi connectivity index (χ1) is 16.9. The maximum Gasteiger partial charge on any atom is 0.323 e. The van der Waals surface area contributed by atoms with Crippen molar-refractivity contribution in [1.29, 1.82) is 0 Å². The molecule has 13 heteroatoms. The van der Waals surface area contributed by atoms with Crippen molar-refractivity contribution in [2.75, 3.05) is 20.0 Å². The number of aromatic nitrogens is 4. The number of benzene rings is 1. The molecule has 1 aliphatic heterocycles. The largest absolute Gasteiger partial charge is 0.468 e.